The van der Waals surface area contributed by atoms with E-state index in [9.17, 15) is 14.0 Å². The Bertz CT molecular complexity index is 1020. The molecule has 2 aromatic rings. The van der Waals surface area contributed by atoms with Crippen LogP contribution in [0.15, 0.2) is 54.6 Å². The molecule has 0 heterocycles. The quantitative estimate of drug-likeness (QED) is 0.439. The molecule has 0 spiro atoms. The lowest BCUT2D eigenvalue weighted by atomic mass is 9.61. The summed E-state index contributed by atoms with van der Waals surface area (Å²) in [5.41, 5.74) is 0.346. The van der Waals surface area contributed by atoms with E-state index in [0.29, 0.717) is 18.7 Å². The first-order valence-corrected chi connectivity index (χ1v) is 12.7. The summed E-state index contributed by atoms with van der Waals surface area (Å²) in [5.74, 6) is -0.328. The van der Waals surface area contributed by atoms with Crippen molar-refractivity contribution in [3.63, 3.8) is 0 Å². The minimum atomic E-state index is -0.582. The molecule has 0 unspecified atom stereocenters. The van der Waals surface area contributed by atoms with Crippen molar-refractivity contribution in [2.24, 2.45) is 5.41 Å². The normalized spacial score (nSPS) is 18.1. The fraction of sp³-hybridized carbons (Fsp3) is 0.517. The van der Waals surface area contributed by atoms with Crippen molar-refractivity contribution in [1.29, 1.82) is 0 Å². The molecule has 0 radical (unpaired) electrons. The maximum absolute atomic E-state index is 13.4. The van der Waals surface area contributed by atoms with Crippen molar-refractivity contribution in [2.75, 3.05) is 5.32 Å². The highest BCUT2D eigenvalue weighted by molar-refractivity contribution is 5.95. The Kier molecular flexibility index (Phi) is 7.20. The largest absolute Gasteiger partial charge is 0.444 e. The van der Waals surface area contributed by atoms with Crippen molar-refractivity contribution < 1.29 is 18.7 Å². The first-order valence-electron chi connectivity index (χ1n) is 12.7. The van der Waals surface area contributed by atoms with E-state index in [0.717, 1.165) is 50.5 Å². The second-order valence-electron chi connectivity index (χ2n) is 11.2. The maximum Gasteiger partial charge on any atom is 0.411 e. The van der Waals surface area contributed by atoms with Crippen LogP contribution in [-0.2, 0) is 16.1 Å². The molecule has 0 aromatic heterocycles. The number of anilines is 1. The SMILES string of the molecule is CC(C)(C)OC(=O)N(Cc1ccccc1)C1(CCC2(C(=O)Nc3ccc(F)cc3)CCC2)CCC1. The maximum atomic E-state index is 13.4. The van der Waals surface area contributed by atoms with E-state index in [1.807, 2.05) is 56.0 Å². The Morgan fingerprint density at radius 3 is 2.09 bits per heavy atom. The fourth-order valence-electron chi connectivity index (χ4n) is 5.21. The first-order chi connectivity index (χ1) is 16.6. The van der Waals surface area contributed by atoms with E-state index >= 15 is 0 Å². The molecule has 2 aromatic carbocycles. The van der Waals surface area contributed by atoms with Crippen molar-refractivity contribution >= 4 is 17.7 Å². The first kappa shape index (κ1) is 25.2. The third kappa shape index (κ3) is 5.85. The van der Waals surface area contributed by atoms with Gasteiger partial charge < -0.3 is 10.1 Å². The molecular weight excluding hydrogens is 443 g/mol. The number of ether oxygens (including phenoxy) is 1. The third-order valence-electron chi connectivity index (χ3n) is 7.62. The second-order valence-corrected chi connectivity index (χ2v) is 11.2. The van der Waals surface area contributed by atoms with Gasteiger partial charge in [-0.3, -0.25) is 9.69 Å². The standard InChI is InChI=1S/C29H37FN2O3/c1-27(2,3)35-26(34)32(21-22-9-5-4-6-10-22)29(17-8-18-29)20-19-28(15-7-16-28)25(33)31-24-13-11-23(30)12-14-24/h4-6,9-14H,7-8,15-21H2,1-3H3,(H,31,33). The van der Waals surface area contributed by atoms with Crippen LogP contribution in [0.3, 0.4) is 0 Å². The molecule has 0 bridgehead atoms. The number of nitrogens with zero attached hydrogens (tertiary/aromatic N) is 1. The van der Waals surface area contributed by atoms with Crippen molar-refractivity contribution in [3.8, 4) is 0 Å². The van der Waals surface area contributed by atoms with Gasteiger partial charge in [0.1, 0.15) is 11.4 Å². The lowest BCUT2D eigenvalue weighted by Gasteiger charge is -2.52. The molecule has 4 rings (SSSR count). The number of benzene rings is 2. The topological polar surface area (TPSA) is 58.6 Å². The van der Waals surface area contributed by atoms with E-state index in [-0.39, 0.29) is 23.4 Å². The van der Waals surface area contributed by atoms with Crippen LogP contribution in [0.4, 0.5) is 14.9 Å². The number of carbonyl (C=O) groups excluding carboxylic acids is 2. The highest BCUT2D eigenvalue weighted by Gasteiger charge is 2.50. The summed E-state index contributed by atoms with van der Waals surface area (Å²) in [6, 6.07) is 15.9. The Morgan fingerprint density at radius 1 is 0.943 bits per heavy atom. The van der Waals surface area contributed by atoms with Gasteiger partial charge >= 0.3 is 6.09 Å². The molecule has 2 amide bonds. The molecule has 35 heavy (non-hydrogen) atoms. The Balaban J connectivity index is 1.51. The number of rotatable bonds is 8. The monoisotopic (exact) mass is 480 g/mol. The summed E-state index contributed by atoms with van der Waals surface area (Å²) in [7, 11) is 0. The van der Waals surface area contributed by atoms with Crippen LogP contribution in [0.25, 0.3) is 0 Å². The van der Waals surface area contributed by atoms with Crippen LogP contribution < -0.4 is 5.32 Å². The number of hydrogen-bond acceptors (Lipinski definition) is 3. The zero-order chi connectivity index (χ0) is 25.1. The summed E-state index contributed by atoms with van der Waals surface area (Å²) >= 11 is 0. The number of hydrogen-bond donors (Lipinski definition) is 1. The van der Waals surface area contributed by atoms with Gasteiger partial charge in [-0.25, -0.2) is 9.18 Å². The molecular formula is C29H37FN2O3. The third-order valence-corrected chi connectivity index (χ3v) is 7.62. The summed E-state index contributed by atoms with van der Waals surface area (Å²) < 4.78 is 19.1. The average molecular weight is 481 g/mol. The Morgan fingerprint density at radius 2 is 1.57 bits per heavy atom. The van der Waals surface area contributed by atoms with Crippen molar-refractivity contribution in [2.45, 2.75) is 89.8 Å². The predicted octanol–water partition coefficient (Wildman–Crippen LogP) is 7.07. The fourth-order valence-corrected chi connectivity index (χ4v) is 5.21. The molecule has 2 saturated carbocycles. The van der Waals surface area contributed by atoms with Gasteiger partial charge in [-0.2, -0.15) is 0 Å². The lowest BCUT2D eigenvalue weighted by molar-refractivity contribution is -0.132. The minimum Gasteiger partial charge on any atom is -0.444 e. The van der Waals surface area contributed by atoms with Crippen LogP contribution in [0, 0.1) is 11.2 Å². The van der Waals surface area contributed by atoms with E-state index in [2.05, 4.69) is 5.32 Å². The van der Waals surface area contributed by atoms with Crippen LogP contribution in [-0.4, -0.2) is 28.0 Å². The Labute approximate surface area is 208 Å². The predicted molar refractivity (Wildman–Crippen MR) is 135 cm³/mol. The molecule has 2 aliphatic rings. The summed E-state index contributed by atoms with van der Waals surface area (Å²) in [4.78, 5) is 28.6. The van der Waals surface area contributed by atoms with Gasteiger partial charge in [0.15, 0.2) is 0 Å². The van der Waals surface area contributed by atoms with Gasteiger partial charge in [0.2, 0.25) is 5.91 Å². The van der Waals surface area contributed by atoms with Gasteiger partial charge in [0.25, 0.3) is 0 Å². The molecule has 0 aliphatic heterocycles. The molecule has 2 fully saturated rings. The average Bonchev–Trinajstić information content (AvgIpc) is 2.74. The van der Waals surface area contributed by atoms with Crippen LogP contribution >= 0.6 is 0 Å². The molecule has 2 aliphatic carbocycles. The molecule has 5 nitrogen and oxygen atoms in total. The number of nitrogens with one attached hydrogen (secondary N) is 1. The van der Waals surface area contributed by atoms with Crippen molar-refractivity contribution in [1.82, 2.24) is 4.90 Å². The van der Waals surface area contributed by atoms with E-state index < -0.39 is 11.0 Å². The molecule has 0 saturated heterocycles. The zero-order valence-electron chi connectivity index (χ0n) is 21.1. The number of amides is 2. The lowest BCUT2D eigenvalue weighted by Crippen LogP contribution is -2.57. The van der Waals surface area contributed by atoms with Gasteiger partial charge in [-0.15, -0.1) is 0 Å². The summed E-state index contributed by atoms with van der Waals surface area (Å²) in [6.07, 6.45) is 6.75. The van der Waals surface area contributed by atoms with Gasteiger partial charge in [0, 0.05) is 23.2 Å². The van der Waals surface area contributed by atoms with Crippen LogP contribution in [0.2, 0.25) is 0 Å². The molecule has 0 atom stereocenters. The summed E-state index contributed by atoms with van der Waals surface area (Å²) in [5, 5.41) is 3.00. The number of halogens is 1. The van der Waals surface area contributed by atoms with Gasteiger partial charge in [-0.05, 0) is 95.5 Å². The van der Waals surface area contributed by atoms with E-state index in [1.165, 1.54) is 12.1 Å². The van der Waals surface area contributed by atoms with Crippen LogP contribution in [0.1, 0.15) is 77.7 Å². The molecule has 1 N–H and O–H groups in total. The van der Waals surface area contributed by atoms with Crippen molar-refractivity contribution in [3.05, 3.63) is 66.0 Å². The molecule has 6 heteroatoms. The second kappa shape index (κ2) is 10.00. The van der Waals surface area contributed by atoms with Gasteiger partial charge in [-0.1, -0.05) is 36.8 Å². The van der Waals surface area contributed by atoms with Crippen LogP contribution in [0.5, 0.6) is 0 Å². The minimum absolute atomic E-state index is 0.00305. The highest BCUT2D eigenvalue weighted by Crippen LogP contribution is 2.51. The van der Waals surface area contributed by atoms with E-state index in [1.54, 1.807) is 12.1 Å². The molecule has 188 valence electrons. The summed E-state index contributed by atoms with van der Waals surface area (Å²) in [6.45, 7) is 6.16. The highest BCUT2D eigenvalue weighted by atomic mass is 19.1. The zero-order valence-corrected chi connectivity index (χ0v) is 21.1. The number of carbonyl (C=O) groups is 2. The smallest absolute Gasteiger partial charge is 0.411 e. The van der Waals surface area contributed by atoms with E-state index in [4.69, 9.17) is 4.74 Å². The Hall–Kier alpha value is -2.89. The van der Waals surface area contributed by atoms with Gasteiger partial charge in [0.05, 0.1) is 0 Å².